The van der Waals surface area contributed by atoms with Crippen LogP contribution in [0.25, 0.3) is 0 Å². The highest BCUT2D eigenvalue weighted by atomic mass is 16.5. The van der Waals surface area contributed by atoms with Crippen molar-refractivity contribution in [3.8, 4) is 5.75 Å². The molecule has 1 aromatic heterocycles. The number of hydrogen-bond donors (Lipinski definition) is 1. The Morgan fingerprint density at radius 3 is 2.59 bits per heavy atom. The zero-order valence-corrected chi connectivity index (χ0v) is 16.4. The van der Waals surface area contributed by atoms with Gasteiger partial charge in [-0.05, 0) is 37.5 Å². The van der Waals surface area contributed by atoms with Gasteiger partial charge in [-0.3, -0.25) is 4.79 Å². The maximum Gasteiger partial charge on any atom is 0.318 e. The third-order valence-electron chi connectivity index (χ3n) is 4.89. The molecular formula is C22H24N4O3. The number of rotatable bonds is 7. The van der Waals surface area contributed by atoms with Crippen LogP contribution in [0.4, 0.5) is 6.01 Å². The van der Waals surface area contributed by atoms with E-state index in [2.05, 4.69) is 20.4 Å². The summed E-state index contributed by atoms with van der Waals surface area (Å²) in [6, 6.07) is 16.8. The second-order valence-electron chi connectivity index (χ2n) is 6.86. The van der Waals surface area contributed by atoms with Gasteiger partial charge in [0.2, 0.25) is 5.89 Å². The Balaban J connectivity index is 1.63. The third-order valence-corrected chi connectivity index (χ3v) is 4.89. The molecule has 2 heterocycles. The summed E-state index contributed by atoms with van der Waals surface area (Å²) in [6.07, 6.45) is 2.23. The van der Waals surface area contributed by atoms with Crippen LogP contribution in [-0.4, -0.2) is 35.8 Å². The zero-order chi connectivity index (χ0) is 20.1. The lowest BCUT2D eigenvalue weighted by molar-refractivity contribution is 0.0934. The van der Waals surface area contributed by atoms with Gasteiger partial charge in [0, 0.05) is 13.1 Å². The van der Waals surface area contributed by atoms with Gasteiger partial charge >= 0.3 is 6.01 Å². The number of nitrogens with zero attached hydrogens (tertiary/aromatic N) is 3. The maximum atomic E-state index is 13.1. The van der Waals surface area contributed by atoms with Gasteiger partial charge in [0.1, 0.15) is 11.8 Å². The Hall–Kier alpha value is -3.35. The second kappa shape index (κ2) is 8.77. The zero-order valence-electron chi connectivity index (χ0n) is 16.4. The van der Waals surface area contributed by atoms with Crippen LogP contribution in [0.5, 0.6) is 5.75 Å². The first-order valence-electron chi connectivity index (χ1n) is 9.92. The van der Waals surface area contributed by atoms with Crippen LogP contribution in [-0.2, 0) is 0 Å². The van der Waals surface area contributed by atoms with E-state index < -0.39 is 6.04 Å². The molecule has 2 aromatic carbocycles. The molecule has 1 fully saturated rings. The second-order valence-corrected chi connectivity index (χ2v) is 6.86. The summed E-state index contributed by atoms with van der Waals surface area (Å²) in [5.41, 5.74) is 1.33. The standard InChI is InChI=1S/C22H24N4O3/c1-2-28-18-13-7-6-12-17(18)20(27)23-19(16-10-4-3-5-11-16)21-24-25-22(29-21)26-14-8-9-15-26/h3-7,10-13,19H,2,8-9,14-15H2,1H3,(H,23,27). The molecule has 0 bridgehead atoms. The number of carbonyl (C=O) groups is 1. The molecule has 1 unspecified atom stereocenters. The Bertz CT molecular complexity index is 951. The lowest BCUT2D eigenvalue weighted by atomic mass is 10.1. The van der Waals surface area contributed by atoms with Crippen molar-refractivity contribution in [1.82, 2.24) is 15.5 Å². The van der Waals surface area contributed by atoms with Crippen LogP contribution in [0, 0.1) is 0 Å². The van der Waals surface area contributed by atoms with Crippen molar-refractivity contribution >= 4 is 11.9 Å². The molecule has 0 aliphatic carbocycles. The van der Waals surface area contributed by atoms with Gasteiger partial charge in [0.15, 0.2) is 0 Å². The van der Waals surface area contributed by atoms with Crippen molar-refractivity contribution in [2.45, 2.75) is 25.8 Å². The number of nitrogens with one attached hydrogen (secondary N) is 1. The van der Waals surface area contributed by atoms with Gasteiger partial charge in [-0.15, -0.1) is 5.10 Å². The van der Waals surface area contributed by atoms with Crippen LogP contribution in [0.3, 0.4) is 0 Å². The third kappa shape index (κ3) is 4.23. The molecule has 0 radical (unpaired) electrons. The predicted molar refractivity (Wildman–Crippen MR) is 109 cm³/mol. The van der Waals surface area contributed by atoms with Crippen molar-refractivity contribution in [3.05, 3.63) is 71.6 Å². The Morgan fingerprint density at radius 1 is 1.10 bits per heavy atom. The van der Waals surface area contributed by atoms with E-state index >= 15 is 0 Å². The van der Waals surface area contributed by atoms with Crippen molar-refractivity contribution in [2.75, 3.05) is 24.6 Å². The molecule has 3 aromatic rings. The fourth-order valence-electron chi connectivity index (χ4n) is 3.46. The van der Waals surface area contributed by atoms with E-state index in [1.807, 2.05) is 49.4 Å². The smallest absolute Gasteiger partial charge is 0.318 e. The SMILES string of the molecule is CCOc1ccccc1C(=O)NC(c1ccccc1)c1nnc(N2CCCC2)o1. The number of amides is 1. The maximum absolute atomic E-state index is 13.1. The number of para-hydroxylation sites is 1. The molecule has 7 nitrogen and oxygen atoms in total. The van der Waals surface area contributed by atoms with Crippen LogP contribution >= 0.6 is 0 Å². The molecule has 29 heavy (non-hydrogen) atoms. The molecular weight excluding hydrogens is 368 g/mol. The number of anilines is 1. The van der Waals surface area contributed by atoms with E-state index in [1.54, 1.807) is 12.1 Å². The summed E-state index contributed by atoms with van der Waals surface area (Å²) in [7, 11) is 0. The van der Waals surface area contributed by atoms with E-state index in [4.69, 9.17) is 9.15 Å². The van der Waals surface area contributed by atoms with Crippen molar-refractivity contribution in [2.24, 2.45) is 0 Å². The predicted octanol–water partition coefficient (Wildman–Crippen LogP) is 3.59. The lowest BCUT2D eigenvalue weighted by Gasteiger charge is -2.17. The highest BCUT2D eigenvalue weighted by Crippen LogP contribution is 2.27. The molecule has 1 N–H and O–H groups in total. The van der Waals surface area contributed by atoms with E-state index in [0.29, 0.717) is 29.8 Å². The minimum Gasteiger partial charge on any atom is -0.493 e. The molecule has 7 heteroatoms. The van der Waals surface area contributed by atoms with Crippen LogP contribution in [0.2, 0.25) is 0 Å². The van der Waals surface area contributed by atoms with Gasteiger partial charge in [0.05, 0.1) is 12.2 Å². The molecule has 1 aliphatic heterocycles. The number of hydrogen-bond acceptors (Lipinski definition) is 6. The number of benzene rings is 2. The van der Waals surface area contributed by atoms with Crippen LogP contribution in [0.1, 0.15) is 47.6 Å². The van der Waals surface area contributed by atoms with Gasteiger partial charge < -0.3 is 19.4 Å². The number of carbonyl (C=O) groups excluding carboxylic acids is 1. The molecule has 1 aliphatic rings. The van der Waals surface area contributed by atoms with Gasteiger partial charge in [-0.1, -0.05) is 47.6 Å². The fraction of sp³-hybridized carbons (Fsp3) is 0.318. The largest absolute Gasteiger partial charge is 0.493 e. The topological polar surface area (TPSA) is 80.5 Å². The van der Waals surface area contributed by atoms with Crippen LogP contribution < -0.4 is 15.0 Å². The minimum atomic E-state index is -0.553. The quantitative estimate of drug-likeness (QED) is 0.662. The molecule has 1 amide bonds. The van der Waals surface area contributed by atoms with Crippen molar-refractivity contribution in [1.29, 1.82) is 0 Å². The molecule has 0 spiro atoms. The summed E-state index contributed by atoms with van der Waals surface area (Å²) in [4.78, 5) is 15.1. The summed E-state index contributed by atoms with van der Waals surface area (Å²) in [5.74, 6) is 0.645. The van der Waals surface area contributed by atoms with E-state index in [-0.39, 0.29) is 5.91 Å². The van der Waals surface area contributed by atoms with Gasteiger partial charge in [0.25, 0.3) is 5.91 Å². The summed E-state index contributed by atoms with van der Waals surface area (Å²) < 4.78 is 11.6. The molecule has 4 rings (SSSR count). The van der Waals surface area contributed by atoms with Crippen molar-refractivity contribution in [3.63, 3.8) is 0 Å². The first-order chi connectivity index (χ1) is 14.3. The average molecular weight is 392 g/mol. The number of ether oxygens (including phenoxy) is 1. The lowest BCUT2D eigenvalue weighted by Crippen LogP contribution is -2.30. The highest BCUT2D eigenvalue weighted by Gasteiger charge is 2.26. The van der Waals surface area contributed by atoms with E-state index in [0.717, 1.165) is 31.5 Å². The van der Waals surface area contributed by atoms with Gasteiger partial charge in [-0.2, -0.15) is 0 Å². The molecule has 1 atom stereocenters. The molecule has 1 saturated heterocycles. The van der Waals surface area contributed by atoms with Crippen molar-refractivity contribution < 1.29 is 13.9 Å². The summed E-state index contributed by atoms with van der Waals surface area (Å²) in [6.45, 7) is 4.19. The monoisotopic (exact) mass is 392 g/mol. The summed E-state index contributed by atoms with van der Waals surface area (Å²) in [5, 5.41) is 11.5. The van der Waals surface area contributed by atoms with Crippen LogP contribution in [0.15, 0.2) is 59.0 Å². The molecule has 150 valence electrons. The Labute approximate surface area is 169 Å². The first kappa shape index (κ1) is 19.0. The molecule has 0 saturated carbocycles. The first-order valence-corrected chi connectivity index (χ1v) is 9.92. The van der Waals surface area contributed by atoms with E-state index in [9.17, 15) is 4.79 Å². The Kier molecular flexibility index (Phi) is 5.74. The normalized spacial score (nSPS) is 14.6. The minimum absolute atomic E-state index is 0.260. The fourth-order valence-corrected chi connectivity index (χ4v) is 3.46. The average Bonchev–Trinajstić information content (AvgIpc) is 3.45. The number of aromatic nitrogens is 2. The van der Waals surface area contributed by atoms with E-state index in [1.165, 1.54) is 0 Å². The summed E-state index contributed by atoms with van der Waals surface area (Å²) >= 11 is 0. The Morgan fingerprint density at radius 2 is 1.83 bits per heavy atom. The van der Waals surface area contributed by atoms with Gasteiger partial charge in [-0.25, -0.2) is 0 Å². The highest BCUT2D eigenvalue weighted by molar-refractivity contribution is 5.97.